The molecular formula is C20H15Cl2N3O4. The van der Waals surface area contributed by atoms with Crippen molar-refractivity contribution in [3.8, 4) is 0 Å². The van der Waals surface area contributed by atoms with E-state index in [1.807, 2.05) is 0 Å². The summed E-state index contributed by atoms with van der Waals surface area (Å²) in [4.78, 5) is 40.0. The van der Waals surface area contributed by atoms with Gasteiger partial charge in [-0.1, -0.05) is 35.3 Å². The van der Waals surface area contributed by atoms with Crippen LogP contribution in [0.5, 0.6) is 0 Å². The number of hydrazone groups is 1. The van der Waals surface area contributed by atoms with Gasteiger partial charge < -0.3 is 4.74 Å². The third-order valence-corrected chi connectivity index (χ3v) is 5.29. The van der Waals surface area contributed by atoms with Crippen LogP contribution in [0.2, 0.25) is 10.0 Å². The fourth-order valence-corrected chi connectivity index (χ4v) is 3.81. The van der Waals surface area contributed by atoms with Gasteiger partial charge in [0.15, 0.2) is 5.71 Å². The number of imide groups is 1. The van der Waals surface area contributed by atoms with Crippen LogP contribution < -0.4 is 9.91 Å². The molecule has 2 aliphatic heterocycles. The van der Waals surface area contributed by atoms with Crippen LogP contribution in [-0.2, 0) is 19.1 Å². The van der Waals surface area contributed by atoms with Gasteiger partial charge >= 0.3 is 5.97 Å². The van der Waals surface area contributed by atoms with Crippen molar-refractivity contribution in [2.45, 2.75) is 13.0 Å². The normalized spacial score (nSPS) is 20.7. The number of hydrogen-bond donors (Lipinski definition) is 0. The molecule has 1 fully saturated rings. The maximum absolute atomic E-state index is 13.3. The van der Waals surface area contributed by atoms with Crippen LogP contribution >= 0.6 is 23.2 Å². The molecule has 7 nitrogen and oxygen atoms in total. The maximum atomic E-state index is 13.3. The lowest BCUT2D eigenvalue weighted by Crippen LogP contribution is -2.39. The fraction of sp³-hybridized carbons (Fsp3) is 0.200. The van der Waals surface area contributed by atoms with Gasteiger partial charge in [0.2, 0.25) is 5.91 Å². The van der Waals surface area contributed by atoms with E-state index in [9.17, 15) is 14.4 Å². The van der Waals surface area contributed by atoms with E-state index in [1.165, 1.54) is 5.01 Å². The van der Waals surface area contributed by atoms with Gasteiger partial charge in [-0.15, -0.1) is 0 Å². The Kier molecular flexibility index (Phi) is 5.02. The Morgan fingerprint density at radius 2 is 1.76 bits per heavy atom. The number of anilines is 2. The van der Waals surface area contributed by atoms with Crippen LogP contribution in [0.15, 0.2) is 53.6 Å². The zero-order valence-electron chi connectivity index (χ0n) is 15.2. The second-order valence-electron chi connectivity index (χ2n) is 6.41. The lowest BCUT2D eigenvalue weighted by Gasteiger charge is -2.22. The Labute approximate surface area is 176 Å². The van der Waals surface area contributed by atoms with Crippen molar-refractivity contribution in [3.63, 3.8) is 0 Å². The van der Waals surface area contributed by atoms with Crippen LogP contribution in [0, 0.1) is 5.92 Å². The number of benzene rings is 2. The molecule has 2 aromatic rings. The Balaban J connectivity index is 1.81. The number of carbonyl (C=O) groups is 3. The molecule has 0 radical (unpaired) electrons. The summed E-state index contributed by atoms with van der Waals surface area (Å²) in [5, 5.41) is 6.40. The highest BCUT2D eigenvalue weighted by molar-refractivity contribution is 6.48. The highest BCUT2D eigenvalue weighted by atomic mass is 35.5. The summed E-state index contributed by atoms with van der Waals surface area (Å²) < 4.78 is 5.06. The third-order valence-electron chi connectivity index (χ3n) is 4.72. The predicted molar refractivity (Wildman–Crippen MR) is 109 cm³/mol. The first-order valence-corrected chi connectivity index (χ1v) is 9.62. The van der Waals surface area contributed by atoms with E-state index in [0.717, 1.165) is 4.90 Å². The molecule has 29 heavy (non-hydrogen) atoms. The summed E-state index contributed by atoms with van der Waals surface area (Å²) in [6, 6.07) is 12.1. The van der Waals surface area contributed by atoms with Crippen LogP contribution in [0.4, 0.5) is 11.4 Å². The topological polar surface area (TPSA) is 79.3 Å². The molecule has 4 rings (SSSR count). The van der Waals surface area contributed by atoms with Crippen molar-refractivity contribution in [1.82, 2.24) is 0 Å². The average Bonchev–Trinajstić information content (AvgIpc) is 3.21. The highest BCUT2D eigenvalue weighted by Crippen LogP contribution is 2.40. The number of nitrogens with zero attached hydrogens (tertiary/aromatic N) is 3. The minimum absolute atomic E-state index is 0.111. The number of para-hydroxylation sites is 1. The molecule has 0 saturated carbocycles. The molecule has 1 saturated heterocycles. The van der Waals surface area contributed by atoms with E-state index < -0.39 is 29.7 Å². The minimum Gasteiger partial charge on any atom is -0.461 e. The second kappa shape index (κ2) is 7.50. The monoisotopic (exact) mass is 431 g/mol. The SMILES string of the molecule is CCOC(=O)C1=NN(c2ccc(Cl)cc2)[C@H]2C(=O)N(c3ccccc3Cl)C(=O)[C@H]12. The van der Waals surface area contributed by atoms with E-state index in [2.05, 4.69) is 5.10 Å². The molecule has 2 atom stereocenters. The van der Waals surface area contributed by atoms with Crippen molar-refractivity contribution in [2.24, 2.45) is 11.0 Å². The van der Waals surface area contributed by atoms with E-state index >= 15 is 0 Å². The first-order valence-electron chi connectivity index (χ1n) is 8.86. The molecule has 0 bridgehead atoms. The summed E-state index contributed by atoms with van der Waals surface area (Å²) in [7, 11) is 0. The van der Waals surface area contributed by atoms with Gasteiger partial charge in [0, 0.05) is 5.02 Å². The van der Waals surface area contributed by atoms with Gasteiger partial charge in [-0.25, -0.2) is 9.69 Å². The van der Waals surface area contributed by atoms with Gasteiger partial charge in [-0.3, -0.25) is 14.6 Å². The smallest absolute Gasteiger partial charge is 0.355 e. The Morgan fingerprint density at radius 3 is 2.41 bits per heavy atom. The fourth-order valence-electron chi connectivity index (χ4n) is 3.47. The molecule has 9 heteroatoms. The third kappa shape index (κ3) is 3.16. The number of halogens is 2. The lowest BCUT2D eigenvalue weighted by atomic mass is 9.98. The van der Waals surface area contributed by atoms with E-state index in [1.54, 1.807) is 55.5 Å². The Hall–Kier alpha value is -2.90. The first kappa shape index (κ1) is 19.4. The van der Waals surface area contributed by atoms with Gasteiger partial charge in [0.05, 0.1) is 23.0 Å². The number of carbonyl (C=O) groups excluding carboxylic acids is 3. The van der Waals surface area contributed by atoms with Crippen molar-refractivity contribution in [1.29, 1.82) is 0 Å². The lowest BCUT2D eigenvalue weighted by molar-refractivity contribution is -0.136. The molecule has 148 valence electrons. The van der Waals surface area contributed by atoms with Crippen molar-refractivity contribution < 1.29 is 19.1 Å². The number of esters is 1. The van der Waals surface area contributed by atoms with Crippen molar-refractivity contribution >= 4 is 58.1 Å². The highest BCUT2D eigenvalue weighted by Gasteiger charge is 2.59. The molecule has 0 aromatic heterocycles. The molecule has 0 N–H and O–H groups in total. The summed E-state index contributed by atoms with van der Waals surface area (Å²) in [6.45, 7) is 1.77. The second-order valence-corrected chi connectivity index (χ2v) is 7.26. The Morgan fingerprint density at radius 1 is 1.07 bits per heavy atom. The summed E-state index contributed by atoms with van der Waals surface area (Å²) in [5.41, 5.74) is 0.670. The van der Waals surface area contributed by atoms with Crippen LogP contribution in [0.1, 0.15) is 6.92 Å². The molecule has 0 aliphatic carbocycles. The van der Waals surface area contributed by atoms with Gasteiger partial charge in [0.1, 0.15) is 12.0 Å². The van der Waals surface area contributed by atoms with Crippen molar-refractivity contribution in [3.05, 3.63) is 58.6 Å². The zero-order valence-corrected chi connectivity index (χ0v) is 16.7. The minimum atomic E-state index is -1.09. The largest absolute Gasteiger partial charge is 0.461 e. The summed E-state index contributed by atoms with van der Waals surface area (Å²) in [5.74, 6) is -2.92. The van der Waals surface area contributed by atoms with E-state index in [4.69, 9.17) is 27.9 Å². The molecule has 0 unspecified atom stereocenters. The summed E-state index contributed by atoms with van der Waals surface area (Å²) in [6.07, 6.45) is 0. The van der Waals surface area contributed by atoms with Crippen molar-refractivity contribution in [2.75, 3.05) is 16.5 Å². The number of fused-ring (bicyclic) bond motifs is 1. The number of amides is 2. The van der Waals surface area contributed by atoms with E-state index in [0.29, 0.717) is 10.7 Å². The van der Waals surface area contributed by atoms with Gasteiger partial charge in [-0.05, 0) is 43.3 Å². The molecule has 2 amide bonds. The standard InChI is InChI=1S/C20H15Cl2N3O4/c1-2-29-20(28)16-15-17(25(23-16)12-9-7-11(21)8-10-12)19(27)24(18(15)26)14-6-4-3-5-13(14)22/h3-10,15,17H,2H2,1H3/t15-,17-/m1/s1. The van der Waals surface area contributed by atoms with Crippen LogP contribution in [0.25, 0.3) is 0 Å². The summed E-state index contributed by atoms with van der Waals surface area (Å²) >= 11 is 12.2. The van der Waals surface area contributed by atoms with Crippen LogP contribution in [0.3, 0.4) is 0 Å². The van der Waals surface area contributed by atoms with Gasteiger partial charge in [-0.2, -0.15) is 5.10 Å². The number of rotatable bonds is 4. The molecular weight excluding hydrogens is 417 g/mol. The van der Waals surface area contributed by atoms with Gasteiger partial charge in [0.25, 0.3) is 5.91 Å². The predicted octanol–water partition coefficient (Wildman–Crippen LogP) is 3.29. The first-order chi connectivity index (χ1) is 13.9. The molecule has 0 spiro atoms. The molecule has 2 heterocycles. The molecule has 2 aromatic carbocycles. The maximum Gasteiger partial charge on any atom is 0.355 e. The quantitative estimate of drug-likeness (QED) is 0.547. The Bertz CT molecular complexity index is 1040. The molecule has 2 aliphatic rings. The van der Waals surface area contributed by atoms with E-state index in [-0.39, 0.29) is 23.0 Å². The zero-order chi connectivity index (χ0) is 20.7. The van der Waals surface area contributed by atoms with Crippen LogP contribution in [-0.4, -0.2) is 36.1 Å². The number of hydrogen-bond acceptors (Lipinski definition) is 6. The number of ether oxygens (including phenoxy) is 1. The average molecular weight is 432 g/mol.